The Bertz CT molecular complexity index is 338. The number of aliphatic hydroxyl groups excluding tert-OH is 1. The number of hydrogen-bond acceptors (Lipinski definition) is 3. The first-order valence-electron chi connectivity index (χ1n) is 6.07. The average Bonchev–Trinajstić information content (AvgIpc) is 2.70. The van der Waals surface area contributed by atoms with Crippen LogP contribution in [0, 0.1) is 5.41 Å². The Morgan fingerprint density at radius 1 is 1.62 bits per heavy atom. The van der Waals surface area contributed by atoms with Crippen LogP contribution in [0.4, 0.5) is 0 Å². The molecule has 1 fully saturated rings. The van der Waals surface area contributed by atoms with Gasteiger partial charge in [0.2, 0.25) is 0 Å². The van der Waals surface area contributed by atoms with Crippen LogP contribution in [0.15, 0.2) is 12.5 Å². The number of imidazole rings is 1. The molecule has 1 aliphatic carbocycles. The number of nitrogens with zero attached hydrogens (tertiary/aromatic N) is 2. The van der Waals surface area contributed by atoms with Crippen molar-refractivity contribution in [3.8, 4) is 0 Å². The van der Waals surface area contributed by atoms with Crippen LogP contribution in [0.3, 0.4) is 0 Å². The van der Waals surface area contributed by atoms with Gasteiger partial charge in [0.1, 0.15) is 0 Å². The Labute approximate surface area is 96.5 Å². The fourth-order valence-corrected chi connectivity index (χ4v) is 2.53. The van der Waals surface area contributed by atoms with E-state index in [4.69, 9.17) is 10.8 Å². The van der Waals surface area contributed by atoms with Crippen LogP contribution in [-0.4, -0.2) is 21.3 Å². The fraction of sp³-hybridized carbons (Fsp3) is 0.750. The van der Waals surface area contributed by atoms with E-state index in [0.29, 0.717) is 5.41 Å². The maximum atomic E-state index is 9.09. The quantitative estimate of drug-likeness (QED) is 0.794. The second-order valence-electron chi connectivity index (χ2n) is 4.94. The molecule has 0 amide bonds. The molecular weight excluding hydrogens is 202 g/mol. The highest BCUT2D eigenvalue weighted by atomic mass is 16.3. The van der Waals surface area contributed by atoms with Crippen molar-refractivity contribution >= 4 is 0 Å². The lowest BCUT2D eigenvalue weighted by atomic mass is 9.67. The molecule has 0 bridgehead atoms. The predicted octanol–water partition coefficient (Wildman–Crippen LogP) is 1.46. The maximum absolute atomic E-state index is 9.09. The molecule has 4 nitrogen and oxygen atoms in total. The van der Waals surface area contributed by atoms with Crippen LogP contribution in [0.25, 0.3) is 0 Å². The molecular formula is C12H21N3O. The molecule has 0 spiro atoms. The van der Waals surface area contributed by atoms with Gasteiger partial charge in [-0.15, -0.1) is 0 Å². The Morgan fingerprint density at radius 3 is 2.88 bits per heavy atom. The normalized spacial score (nSPS) is 20.4. The molecule has 2 rings (SSSR count). The van der Waals surface area contributed by atoms with E-state index in [1.54, 1.807) is 6.20 Å². The molecule has 1 unspecified atom stereocenters. The third kappa shape index (κ3) is 1.99. The molecule has 0 aliphatic heterocycles. The summed E-state index contributed by atoms with van der Waals surface area (Å²) in [6, 6.07) is -0.309. The fourth-order valence-electron chi connectivity index (χ4n) is 2.53. The monoisotopic (exact) mass is 223 g/mol. The SMILES string of the molecule is CCC1(Cn2cncc2C(N)CO)CCC1. The van der Waals surface area contributed by atoms with Gasteiger partial charge >= 0.3 is 0 Å². The number of aromatic nitrogens is 2. The molecule has 1 aromatic rings. The van der Waals surface area contributed by atoms with Crippen LogP contribution in [0.5, 0.6) is 0 Å². The lowest BCUT2D eigenvalue weighted by molar-refractivity contribution is 0.0980. The van der Waals surface area contributed by atoms with Gasteiger partial charge in [-0.2, -0.15) is 0 Å². The van der Waals surface area contributed by atoms with E-state index in [-0.39, 0.29) is 12.6 Å². The summed E-state index contributed by atoms with van der Waals surface area (Å²) in [5.74, 6) is 0. The van der Waals surface area contributed by atoms with Crippen molar-refractivity contribution < 1.29 is 5.11 Å². The van der Waals surface area contributed by atoms with Gasteiger partial charge in [-0.05, 0) is 24.7 Å². The van der Waals surface area contributed by atoms with E-state index in [1.165, 1.54) is 25.7 Å². The predicted molar refractivity (Wildman–Crippen MR) is 62.8 cm³/mol. The van der Waals surface area contributed by atoms with Gasteiger partial charge in [0.05, 0.1) is 24.7 Å². The van der Waals surface area contributed by atoms with E-state index in [9.17, 15) is 0 Å². The van der Waals surface area contributed by atoms with Crippen molar-refractivity contribution in [1.82, 2.24) is 9.55 Å². The van der Waals surface area contributed by atoms with Crippen LogP contribution < -0.4 is 5.73 Å². The van der Waals surface area contributed by atoms with Gasteiger partial charge in [-0.3, -0.25) is 0 Å². The first kappa shape index (κ1) is 11.6. The minimum absolute atomic E-state index is 0.0230. The van der Waals surface area contributed by atoms with Crippen LogP contribution in [-0.2, 0) is 6.54 Å². The Balaban J connectivity index is 2.12. The summed E-state index contributed by atoms with van der Waals surface area (Å²) in [6.07, 6.45) is 8.75. The summed E-state index contributed by atoms with van der Waals surface area (Å²) in [4.78, 5) is 4.14. The third-order valence-electron chi connectivity index (χ3n) is 3.99. The second-order valence-corrected chi connectivity index (χ2v) is 4.94. The van der Waals surface area contributed by atoms with Crippen molar-refractivity contribution in [3.63, 3.8) is 0 Å². The zero-order valence-electron chi connectivity index (χ0n) is 9.89. The van der Waals surface area contributed by atoms with Crippen molar-refractivity contribution in [1.29, 1.82) is 0 Å². The number of hydrogen-bond donors (Lipinski definition) is 2. The second kappa shape index (κ2) is 4.55. The first-order valence-corrected chi connectivity index (χ1v) is 6.07. The molecule has 1 atom stereocenters. The summed E-state index contributed by atoms with van der Waals surface area (Å²) < 4.78 is 2.11. The Morgan fingerprint density at radius 2 is 2.38 bits per heavy atom. The van der Waals surface area contributed by atoms with Crippen LogP contribution in [0.2, 0.25) is 0 Å². The van der Waals surface area contributed by atoms with Crippen molar-refractivity contribution in [3.05, 3.63) is 18.2 Å². The van der Waals surface area contributed by atoms with Gasteiger partial charge in [-0.25, -0.2) is 4.98 Å². The van der Waals surface area contributed by atoms with Gasteiger partial charge in [0, 0.05) is 12.7 Å². The van der Waals surface area contributed by atoms with Gasteiger partial charge in [0.25, 0.3) is 0 Å². The molecule has 1 heterocycles. The maximum Gasteiger partial charge on any atom is 0.0948 e. The summed E-state index contributed by atoms with van der Waals surface area (Å²) in [5.41, 5.74) is 7.24. The summed E-state index contributed by atoms with van der Waals surface area (Å²) in [7, 11) is 0. The van der Waals surface area contributed by atoms with Gasteiger partial charge in [0.15, 0.2) is 0 Å². The van der Waals surface area contributed by atoms with E-state index in [1.807, 2.05) is 6.33 Å². The highest BCUT2D eigenvalue weighted by Gasteiger charge is 2.35. The van der Waals surface area contributed by atoms with Crippen molar-refractivity contribution in [2.45, 2.75) is 45.2 Å². The lowest BCUT2D eigenvalue weighted by Gasteiger charge is -2.42. The van der Waals surface area contributed by atoms with E-state index < -0.39 is 0 Å². The third-order valence-corrected chi connectivity index (χ3v) is 3.99. The Kier molecular flexibility index (Phi) is 3.30. The largest absolute Gasteiger partial charge is 0.394 e. The Hall–Kier alpha value is -0.870. The van der Waals surface area contributed by atoms with Crippen molar-refractivity contribution in [2.24, 2.45) is 11.1 Å². The van der Waals surface area contributed by atoms with Gasteiger partial charge < -0.3 is 15.4 Å². The smallest absolute Gasteiger partial charge is 0.0948 e. The molecule has 0 radical (unpaired) electrons. The standard InChI is InChI=1S/C12H21N3O/c1-2-12(4-3-5-12)8-15-9-14-6-11(15)10(13)7-16/h6,9-10,16H,2-5,7-8,13H2,1H3. The molecule has 0 aromatic carbocycles. The number of aliphatic hydroxyl groups is 1. The first-order chi connectivity index (χ1) is 7.71. The molecule has 90 valence electrons. The van der Waals surface area contributed by atoms with Crippen LogP contribution >= 0.6 is 0 Å². The number of rotatable bonds is 5. The van der Waals surface area contributed by atoms with E-state index in [0.717, 1.165) is 12.2 Å². The molecule has 1 aromatic heterocycles. The van der Waals surface area contributed by atoms with Gasteiger partial charge in [-0.1, -0.05) is 13.3 Å². The van der Waals surface area contributed by atoms with Crippen molar-refractivity contribution in [2.75, 3.05) is 6.61 Å². The topological polar surface area (TPSA) is 64.1 Å². The highest BCUT2D eigenvalue weighted by molar-refractivity contribution is 5.06. The summed E-state index contributed by atoms with van der Waals surface area (Å²) >= 11 is 0. The average molecular weight is 223 g/mol. The molecule has 1 saturated carbocycles. The summed E-state index contributed by atoms with van der Waals surface area (Å²) in [5, 5.41) is 9.09. The van der Waals surface area contributed by atoms with E-state index in [2.05, 4.69) is 16.5 Å². The molecule has 3 N–H and O–H groups in total. The zero-order chi connectivity index (χ0) is 11.6. The lowest BCUT2D eigenvalue weighted by Crippen LogP contribution is -2.34. The number of nitrogens with two attached hydrogens (primary N) is 1. The molecule has 16 heavy (non-hydrogen) atoms. The highest BCUT2D eigenvalue weighted by Crippen LogP contribution is 2.45. The zero-order valence-corrected chi connectivity index (χ0v) is 9.89. The van der Waals surface area contributed by atoms with Crippen LogP contribution in [0.1, 0.15) is 44.3 Å². The minimum atomic E-state index is -0.309. The summed E-state index contributed by atoms with van der Waals surface area (Å²) in [6.45, 7) is 3.22. The van der Waals surface area contributed by atoms with E-state index >= 15 is 0 Å². The minimum Gasteiger partial charge on any atom is -0.394 e. The molecule has 4 heteroatoms. The molecule has 1 aliphatic rings. The molecule has 0 saturated heterocycles.